The van der Waals surface area contributed by atoms with Crippen LogP contribution in [0.15, 0.2) is 172 Å². The number of aromatic nitrogens is 3. The van der Waals surface area contributed by atoms with Gasteiger partial charge in [-0.3, -0.25) is 0 Å². The molecule has 0 radical (unpaired) electrons. The van der Waals surface area contributed by atoms with Crippen molar-refractivity contribution < 1.29 is 4.42 Å². The second-order valence-corrected chi connectivity index (χ2v) is 14.1. The average Bonchev–Trinajstić information content (AvgIpc) is 3.58. The Bertz CT molecular complexity index is 2570. The Morgan fingerprint density at radius 2 is 1.12 bits per heavy atom. The van der Waals surface area contributed by atoms with Crippen molar-refractivity contribution in [3.63, 3.8) is 0 Å². The van der Waals surface area contributed by atoms with Crippen molar-refractivity contribution in [1.29, 1.82) is 0 Å². The number of furan rings is 1. The summed E-state index contributed by atoms with van der Waals surface area (Å²) in [6.07, 6.45) is 6.31. The zero-order valence-electron chi connectivity index (χ0n) is 27.7. The monoisotopic (exact) mass is 673 g/mol. The topological polar surface area (TPSA) is 51.8 Å². The largest absolute Gasteiger partial charge is 0.460 e. The Hall–Kier alpha value is -6.04. The van der Waals surface area contributed by atoms with Gasteiger partial charge in [-0.2, -0.15) is 0 Å². The van der Waals surface area contributed by atoms with Crippen molar-refractivity contribution >= 4 is 28.8 Å². The lowest BCUT2D eigenvalue weighted by Crippen LogP contribution is -2.34. The van der Waals surface area contributed by atoms with Gasteiger partial charge in [-0.15, -0.1) is 0 Å². The van der Waals surface area contributed by atoms with Crippen molar-refractivity contribution in [1.82, 2.24) is 15.0 Å². The molecule has 3 heterocycles. The lowest BCUT2D eigenvalue weighted by Gasteiger charge is -2.42. The van der Waals surface area contributed by atoms with E-state index < -0.39 is 5.41 Å². The third-order valence-electron chi connectivity index (χ3n) is 10.1. The summed E-state index contributed by atoms with van der Waals surface area (Å²) in [5, 5.41) is 1.09. The Morgan fingerprint density at radius 3 is 1.84 bits per heavy atom. The minimum atomic E-state index is -0.495. The molecule has 5 heteroatoms. The molecule has 0 bridgehead atoms. The lowest BCUT2D eigenvalue weighted by atomic mass is 9.64. The smallest absolute Gasteiger partial charge is 0.164 e. The molecule has 2 aliphatic rings. The van der Waals surface area contributed by atoms with E-state index in [4.69, 9.17) is 19.4 Å². The Labute approximate surface area is 300 Å². The number of aryl methyl sites for hydroxylation is 1. The van der Waals surface area contributed by atoms with Crippen LogP contribution in [0, 0.1) is 0 Å². The van der Waals surface area contributed by atoms with Crippen LogP contribution in [0.4, 0.5) is 0 Å². The maximum absolute atomic E-state index is 6.22. The van der Waals surface area contributed by atoms with Crippen molar-refractivity contribution in [2.45, 2.75) is 28.0 Å². The number of nitrogens with zero attached hydrogens (tertiary/aromatic N) is 3. The highest BCUT2D eigenvalue weighted by Gasteiger charge is 2.44. The summed E-state index contributed by atoms with van der Waals surface area (Å²) in [7, 11) is 0. The molecule has 0 unspecified atom stereocenters. The number of hydrogen-bond acceptors (Lipinski definition) is 5. The summed E-state index contributed by atoms with van der Waals surface area (Å²) in [6, 6.07) is 53.8. The van der Waals surface area contributed by atoms with E-state index in [1.165, 1.54) is 32.0 Å². The van der Waals surface area contributed by atoms with Crippen molar-refractivity contribution in [2.24, 2.45) is 0 Å². The second-order valence-electron chi connectivity index (χ2n) is 13.1. The van der Waals surface area contributed by atoms with Gasteiger partial charge in [-0.1, -0.05) is 145 Å². The Balaban J connectivity index is 1.18. The molecular weight excluding hydrogens is 643 g/mol. The molecule has 10 rings (SSSR count). The van der Waals surface area contributed by atoms with Crippen molar-refractivity contribution in [3.8, 4) is 34.2 Å². The third kappa shape index (κ3) is 4.88. The fraction of sp³-hybridized carbons (Fsp3) is 0.0652. The van der Waals surface area contributed by atoms with Gasteiger partial charge in [-0.25, -0.2) is 15.0 Å². The van der Waals surface area contributed by atoms with Crippen LogP contribution in [-0.2, 0) is 11.8 Å². The van der Waals surface area contributed by atoms with Gasteiger partial charge in [0.15, 0.2) is 17.5 Å². The van der Waals surface area contributed by atoms with Crippen LogP contribution < -0.4 is 0 Å². The van der Waals surface area contributed by atoms with E-state index in [1.807, 2.05) is 36.0 Å². The minimum absolute atomic E-state index is 0.495. The van der Waals surface area contributed by atoms with Gasteiger partial charge in [0.1, 0.15) is 11.3 Å². The Kier molecular flexibility index (Phi) is 7.07. The minimum Gasteiger partial charge on any atom is -0.460 e. The molecule has 0 amide bonds. The summed E-state index contributed by atoms with van der Waals surface area (Å²) < 4.78 is 6.22. The van der Waals surface area contributed by atoms with Gasteiger partial charge in [0.2, 0.25) is 0 Å². The van der Waals surface area contributed by atoms with Crippen LogP contribution in [0.25, 0.3) is 51.2 Å². The normalized spacial score (nSPS) is 14.1. The summed E-state index contributed by atoms with van der Waals surface area (Å²) in [5.74, 6) is 2.96. The van der Waals surface area contributed by atoms with Crippen LogP contribution in [0.2, 0.25) is 0 Å². The number of hydrogen-bond donors (Lipinski definition) is 0. The highest BCUT2D eigenvalue weighted by atomic mass is 32.2. The highest BCUT2D eigenvalue weighted by molar-refractivity contribution is 7.99. The molecule has 0 spiro atoms. The molecule has 51 heavy (non-hydrogen) atoms. The number of fused-ring (bicyclic) bond motifs is 5. The van der Waals surface area contributed by atoms with Gasteiger partial charge < -0.3 is 4.42 Å². The molecule has 242 valence electrons. The van der Waals surface area contributed by atoms with E-state index >= 15 is 0 Å². The van der Waals surface area contributed by atoms with Gasteiger partial charge in [0.25, 0.3) is 0 Å². The van der Waals surface area contributed by atoms with Gasteiger partial charge in [0, 0.05) is 43.9 Å². The quantitative estimate of drug-likeness (QED) is 0.182. The first-order valence-electron chi connectivity index (χ1n) is 17.3. The van der Waals surface area contributed by atoms with Crippen LogP contribution in [0.1, 0.15) is 40.0 Å². The summed E-state index contributed by atoms with van der Waals surface area (Å²) in [6.45, 7) is 0. The van der Waals surface area contributed by atoms with Crippen molar-refractivity contribution in [2.75, 3.05) is 0 Å². The molecule has 0 N–H and O–H groups in total. The highest BCUT2D eigenvalue weighted by Crippen LogP contribution is 2.56. The summed E-state index contributed by atoms with van der Waals surface area (Å²) >= 11 is 1.81. The fourth-order valence-electron chi connectivity index (χ4n) is 7.79. The van der Waals surface area contributed by atoms with Crippen molar-refractivity contribution in [3.05, 3.63) is 191 Å². The molecule has 2 aromatic heterocycles. The van der Waals surface area contributed by atoms with E-state index in [1.54, 1.807) is 0 Å². The molecular formula is C46H31N3OS. The third-order valence-corrected chi connectivity index (χ3v) is 11.3. The maximum Gasteiger partial charge on any atom is 0.164 e. The van der Waals surface area contributed by atoms with Gasteiger partial charge in [0.05, 0.1) is 5.41 Å². The first kappa shape index (κ1) is 29.8. The number of rotatable bonds is 5. The maximum atomic E-state index is 6.22. The fourth-order valence-corrected chi connectivity index (χ4v) is 9.02. The molecule has 0 atom stereocenters. The molecule has 4 nitrogen and oxygen atoms in total. The molecule has 0 fully saturated rings. The SMILES string of the molecule is C1=Cc2c(oc3ccc(-c4nc(-c5ccccc5)nc(-c5ccc6c(c5)Sc5ccccc5C6(c5ccccc5)c5ccccc5)n4)cc23)CC1. The van der Waals surface area contributed by atoms with Gasteiger partial charge >= 0.3 is 0 Å². The molecule has 0 saturated heterocycles. The molecule has 0 saturated carbocycles. The average molecular weight is 674 g/mol. The lowest BCUT2D eigenvalue weighted by molar-refractivity contribution is 0.546. The van der Waals surface area contributed by atoms with E-state index in [0.717, 1.165) is 51.8 Å². The first-order chi connectivity index (χ1) is 25.3. The zero-order chi connectivity index (χ0) is 33.8. The predicted molar refractivity (Wildman–Crippen MR) is 206 cm³/mol. The standard InChI is InChI=1S/C46H31N3OS/c1-4-14-30(15-5-1)43-47-44(31-25-27-40-36(28-31)35-20-10-12-22-39(35)50-40)49-45(48-43)32-24-26-38-42(29-32)51-41-23-13-11-21-37(41)46(38,33-16-6-2-7-17-33)34-18-8-3-9-19-34/h1-11,13-21,23-29H,12,22H2. The molecule has 6 aromatic carbocycles. The van der Waals surface area contributed by atoms with Crippen LogP contribution >= 0.6 is 11.8 Å². The number of allylic oxidation sites excluding steroid dienone is 1. The second kappa shape index (κ2) is 12.1. The Morgan fingerprint density at radius 1 is 0.529 bits per heavy atom. The van der Waals surface area contributed by atoms with Crippen LogP contribution in [-0.4, -0.2) is 15.0 Å². The summed E-state index contributed by atoms with van der Waals surface area (Å²) in [5.41, 5.74) is 9.37. The zero-order valence-corrected chi connectivity index (χ0v) is 28.5. The molecule has 8 aromatic rings. The van der Waals surface area contributed by atoms with E-state index in [9.17, 15) is 0 Å². The first-order valence-corrected chi connectivity index (χ1v) is 18.1. The van der Waals surface area contributed by atoms with Crippen LogP contribution in [0.5, 0.6) is 0 Å². The number of benzene rings is 6. The van der Waals surface area contributed by atoms with Gasteiger partial charge in [-0.05, 0) is 59.0 Å². The molecule has 1 aliphatic heterocycles. The van der Waals surface area contributed by atoms with E-state index in [-0.39, 0.29) is 0 Å². The molecule has 1 aliphatic carbocycles. The van der Waals surface area contributed by atoms with Crippen LogP contribution in [0.3, 0.4) is 0 Å². The summed E-state index contributed by atoms with van der Waals surface area (Å²) in [4.78, 5) is 17.7. The van der Waals surface area contributed by atoms with E-state index in [2.05, 4.69) is 140 Å². The van der Waals surface area contributed by atoms with E-state index in [0.29, 0.717) is 17.5 Å². The predicted octanol–water partition coefficient (Wildman–Crippen LogP) is 11.4.